The van der Waals surface area contributed by atoms with Gasteiger partial charge in [0.2, 0.25) is 0 Å². The number of rotatable bonds is 3. The van der Waals surface area contributed by atoms with Crippen molar-refractivity contribution in [2.24, 2.45) is 5.92 Å². The van der Waals surface area contributed by atoms with Crippen LogP contribution < -0.4 is 0 Å². The minimum absolute atomic E-state index is 0.488. The van der Waals surface area contributed by atoms with Gasteiger partial charge in [-0.2, -0.15) is 0 Å². The van der Waals surface area contributed by atoms with Crippen LogP contribution in [0.25, 0.3) is 44.2 Å². The number of benzene rings is 4. The first kappa shape index (κ1) is 21.9. The fraction of sp³-hybridized carbons (Fsp3) is 0.111. The maximum absolute atomic E-state index is 2.46. The van der Waals surface area contributed by atoms with Crippen LogP contribution in [0.1, 0.15) is 23.1 Å². The zero-order chi connectivity index (χ0) is 24.9. The smallest absolute Gasteiger partial charge is 0.0622 e. The molecule has 0 aliphatic heterocycles. The number of nitrogens with zero attached hydrogens (tertiary/aromatic N) is 1. The summed E-state index contributed by atoms with van der Waals surface area (Å²) in [5.41, 5.74) is 13.1. The lowest BCUT2D eigenvalue weighted by Gasteiger charge is -2.23. The molecular weight excluding hydrogens is 446 g/mol. The van der Waals surface area contributed by atoms with Crippen LogP contribution in [0, 0.1) is 19.8 Å². The average molecular weight is 476 g/mol. The third-order valence-electron chi connectivity index (χ3n) is 8.04. The van der Waals surface area contributed by atoms with Gasteiger partial charge in [0.1, 0.15) is 0 Å². The number of hydrogen-bond donors (Lipinski definition) is 0. The van der Waals surface area contributed by atoms with E-state index in [1.54, 1.807) is 0 Å². The van der Waals surface area contributed by atoms with Crippen LogP contribution in [0.3, 0.4) is 0 Å². The topological polar surface area (TPSA) is 4.93 Å². The molecule has 0 amide bonds. The second-order valence-corrected chi connectivity index (χ2v) is 10.3. The van der Waals surface area contributed by atoms with Crippen molar-refractivity contribution in [1.29, 1.82) is 0 Å². The molecule has 178 valence electrons. The predicted octanol–water partition coefficient (Wildman–Crippen LogP) is 9.52. The molecule has 7 rings (SSSR count). The Morgan fingerprint density at radius 1 is 0.703 bits per heavy atom. The fourth-order valence-corrected chi connectivity index (χ4v) is 6.13. The van der Waals surface area contributed by atoms with Gasteiger partial charge in [0.05, 0.1) is 11.0 Å². The van der Waals surface area contributed by atoms with Crippen molar-refractivity contribution in [3.63, 3.8) is 0 Å². The van der Waals surface area contributed by atoms with Crippen molar-refractivity contribution in [1.82, 2.24) is 4.57 Å². The van der Waals surface area contributed by atoms with E-state index in [9.17, 15) is 0 Å². The van der Waals surface area contributed by atoms with E-state index in [2.05, 4.69) is 140 Å². The highest BCUT2D eigenvalue weighted by Gasteiger charge is 2.20. The fourth-order valence-electron chi connectivity index (χ4n) is 6.13. The van der Waals surface area contributed by atoms with Gasteiger partial charge in [0, 0.05) is 27.9 Å². The highest BCUT2D eigenvalue weighted by Crippen LogP contribution is 2.41. The van der Waals surface area contributed by atoms with Crippen LogP contribution in [0.15, 0.2) is 127 Å². The maximum Gasteiger partial charge on any atom is 0.0622 e. The Labute approximate surface area is 218 Å². The molecule has 1 heterocycles. The molecule has 0 saturated carbocycles. The van der Waals surface area contributed by atoms with Crippen molar-refractivity contribution in [2.45, 2.75) is 20.3 Å². The molecular formula is C36H29N. The second kappa shape index (κ2) is 8.64. The molecule has 2 aliphatic rings. The van der Waals surface area contributed by atoms with Crippen LogP contribution in [0.4, 0.5) is 0 Å². The lowest BCUT2D eigenvalue weighted by atomic mass is 9.82. The monoisotopic (exact) mass is 475 g/mol. The number of allylic oxidation sites excluding steroid dienone is 8. The van der Waals surface area contributed by atoms with Crippen LogP contribution >= 0.6 is 0 Å². The Kier molecular flexibility index (Phi) is 5.11. The summed E-state index contributed by atoms with van der Waals surface area (Å²) >= 11 is 0. The van der Waals surface area contributed by atoms with E-state index in [0.29, 0.717) is 5.92 Å². The number of para-hydroxylation sites is 1. The van der Waals surface area contributed by atoms with E-state index in [-0.39, 0.29) is 0 Å². The van der Waals surface area contributed by atoms with Crippen LogP contribution in [0.5, 0.6) is 0 Å². The zero-order valence-corrected chi connectivity index (χ0v) is 21.3. The summed E-state index contributed by atoms with van der Waals surface area (Å²) in [7, 11) is 0. The Morgan fingerprint density at radius 2 is 1.51 bits per heavy atom. The summed E-state index contributed by atoms with van der Waals surface area (Å²) in [5, 5.41) is 2.59. The van der Waals surface area contributed by atoms with E-state index in [1.165, 1.54) is 66.5 Å². The first-order valence-corrected chi connectivity index (χ1v) is 13.1. The largest absolute Gasteiger partial charge is 0.309 e. The van der Waals surface area contributed by atoms with Crippen LogP contribution in [0.2, 0.25) is 0 Å². The first-order chi connectivity index (χ1) is 18.2. The summed E-state index contributed by atoms with van der Waals surface area (Å²) in [5.74, 6) is 0.488. The highest BCUT2D eigenvalue weighted by atomic mass is 15.0. The highest BCUT2D eigenvalue weighted by molar-refractivity contribution is 6.14. The summed E-state index contributed by atoms with van der Waals surface area (Å²) in [6.45, 7) is 4.45. The van der Waals surface area contributed by atoms with Crippen LogP contribution in [-0.4, -0.2) is 4.57 Å². The molecule has 0 fully saturated rings. The summed E-state index contributed by atoms with van der Waals surface area (Å²) in [6, 6.07) is 31.3. The van der Waals surface area contributed by atoms with Gasteiger partial charge >= 0.3 is 0 Å². The van der Waals surface area contributed by atoms with E-state index in [0.717, 1.165) is 6.42 Å². The minimum atomic E-state index is 0.488. The van der Waals surface area contributed by atoms with Gasteiger partial charge in [0.15, 0.2) is 0 Å². The second-order valence-electron chi connectivity index (χ2n) is 10.3. The van der Waals surface area contributed by atoms with Gasteiger partial charge in [-0.15, -0.1) is 0 Å². The summed E-state index contributed by atoms with van der Waals surface area (Å²) < 4.78 is 2.46. The quantitative estimate of drug-likeness (QED) is 0.245. The van der Waals surface area contributed by atoms with E-state index in [1.807, 2.05) is 0 Å². The van der Waals surface area contributed by atoms with Crippen molar-refractivity contribution in [3.8, 4) is 16.8 Å². The van der Waals surface area contributed by atoms with E-state index >= 15 is 0 Å². The van der Waals surface area contributed by atoms with Crippen molar-refractivity contribution in [2.75, 3.05) is 0 Å². The Bertz CT molecular complexity index is 1800. The molecule has 0 bridgehead atoms. The van der Waals surface area contributed by atoms with Crippen molar-refractivity contribution in [3.05, 3.63) is 144 Å². The number of fused-ring (bicyclic) bond motifs is 4. The van der Waals surface area contributed by atoms with Crippen LogP contribution in [-0.2, 0) is 0 Å². The molecule has 1 unspecified atom stereocenters. The van der Waals surface area contributed by atoms with Gasteiger partial charge in [-0.1, -0.05) is 103 Å². The van der Waals surface area contributed by atoms with Gasteiger partial charge < -0.3 is 4.57 Å². The van der Waals surface area contributed by atoms with Gasteiger partial charge in [0.25, 0.3) is 0 Å². The molecule has 1 heteroatoms. The number of hydrogen-bond acceptors (Lipinski definition) is 0. The SMILES string of the molecule is Cc1ccccc1-c1c(C)ccc2c3ccccc3n(-c3ccc(C4=CC=C5C=CC=CC5C4)cc3)c12. The number of aryl methyl sites for hydroxylation is 2. The minimum Gasteiger partial charge on any atom is -0.309 e. The van der Waals surface area contributed by atoms with Gasteiger partial charge in [-0.3, -0.25) is 0 Å². The molecule has 2 aliphatic carbocycles. The zero-order valence-electron chi connectivity index (χ0n) is 21.3. The molecule has 5 aromatic rings. The van der Waals surface area contributed by atoms with Gasteiger partial charge in [-0.25, -0.2) is 0 Å². The Balaban J connectivity index is 1.43. The predicted molar refractivity (Wildman–Crippen MR) is 158 cm³/mol. The molecule has 1 aromatic heterocycles. The third-order valence-corrected chi connectivity index (χ3v) is 8.04. The lowest BCUT2D eigenvalue weighted by Crippen LogP contribution is -2.06. The Morgan fingerprint density at radius 3 is 2.38 bits per heavy atom. The maximum atomic E-state index is 2.46. The molecule has 0 radical (unpaired) electrons. The molecule has 4 aromatic carbocycles. The van der Waals surface area contributed by atoms with Crippen molar-refractivity contribution >= 4 is 27.4 Å². The molecule has 0 N–H and O–H groups in total. The summed E-state index contributed by atoms with van der Waals surface area (Å²) in [6.07, 6.45) is 14.5. The van der Waals surface area contributed by atoms with E-state index < -0.39 is 0 Å². The molecule has 37 heavy (non-hydrogen) atoms. The molecule has 0 spiro atoms. The average Bonchev–Trinajstić information content (AvgIpc) is 3.28. The Hall–Kier alpha value is -4.36. The van der Waals surface area contributed by atoms with Crippen molar-refractivity contribution < 1.29 is 0 Å². The third kappa shape index (κ3) is 3.54. The van der Waals surface area contributed by atoms with Gasteiger partial charge in [-0.05, 0) is 71.9 Å². The molecule has 1 nitrogen and oxygen atoms in total. The first-order valence-electron chi connectivity index (χ1n) is 13.1. The summed E-state index contributed by atoms with van der Waals surface area (Å²) in [4.78, 5) is 0. The normalized spacial score (nSPS) is 16.6. The molecule has 0 saturated heterocycles. The standard InChI is InChI=1S/C36H29N/c1-24-9-3-6-12-31(24)35-25(2)15-22-33-32-13-7-8-14-34(32)37(36(33)35)30-20-18-27(19-21-30)29-17-16-26-10-4-5-11-28(26)23-29/h3-22,28H,23H2,1-2H3. The van der Waals surface area contributed by atoms with E-state index in [4.69, 9.17) is 0 Å². The molecule has 1 atom stereocenters. The number of aromatic nitrogens is 1. The lowest BCUT2D eigenvalue weighted by molar-refractivity contribution is 0.793.